The number of likely N-dealkylation sites (tertiary alicyclic amines) is 1. The zero-order valence-corrected chi connectivity index (χ0v) is 16.6. The number of carboxylic acids is 1. The molecule has 3 aliphatic rings. The molecule has 2 amide bonds. The fourth-order valence-electron chi connectivity index (χ4n) is 5.40. The Morgan fingerprint density at radius 1 is 1.43 bits per heavy atom. The number of fused-ring (bicyclic) bond motifs is 1. The van der Waals surface area contributed by atoms with Crippen molar-refractivity contribution >= 4 is 17.8 Å². The van der Waals surface area contributed by atoms with Crippen LogP contribution in [0.25, 0.3) is 0 Å². The Kier molecular flexibility index (Phi) is 5.55. The molecule has 2 bridgehead atoms. The first kappa shape index (κ1) is 20.8. The highest BCUT2D eigenvalue weighted by Gasteiger charge is 2.78. The SMILES string of the molecule is C=CCN(CCCC)C(=O)C1N(CCO)C(=O)[C@@H]2[C@H](C(=O)O)[C@]3(C)CCC12O3. The molecule has 3 heterocycles. The lowest BCUT2D eigenvalue weighted by Crippen LogP contribution is -2.56. The van der Waals surface area contributed by atoms with E-state index >= 15 is 0 Å². The first-order valence-corrected chi connectivity index (χ1v) is 10.0. The standard InChI is InChI=1S/C20H30N2O6/c1-4-6-10-21(9-5-2)17(25)15-20-8-7-19(3,28-20)14(18(26)27)13(20)16(24)22(15)11-12-23/h5,13-15,23H,2,4,6-12H2,1,3H3,(H,26,27)/t13-,14+,15?,19-,20?/m0/s1. The molecule has 8 nitrogen and oxygen atoms in total. The molecular weight excluding hydrogens is 364 g/mol. The third-order valence-corrected chi connectivity index (χ3v) is 6.56. The highest BCUT2D eigenvalue weighted by atomic mass is 16.5. The third-order valence-electron chi connectivity index (χ3n) is 6.56. The van der Waals surface area contributed by atoms with E-state index in [2.05, 4.69) is 6.58 Å². The molecule has 0 aromatic rings. The molecule has 8 heteroatoms. The minimum Gasteiger partial charge on any atom is -0.481 e. The van der Waals surface area contributed by atoms with Crippen molar-refractivity contribution in [2.75, 3.05) is 26.2 Å². The second-order valence-corrected chi connectivity index (χ2v) is 8.25. The van der Waals surface area contributed by atoms with Crippen molar-refractivity contribution in [3.8, 4) is 0 Å². The predicted molar refractivity (Wildman–Crippen MR) is 100 cm³/mol. The van der Waals surface area contributed by atoms with Gasteiger partial charge >= 0.3 is 5.97 Å². The van der Waals surface area contributed by atoms with Crippen LogP contribution in [0.2, 0.25) is 0 Å². The Balaban J connectivity index is 2.03. The van der Waals surface area contributed by atoms with E-state index in [4.69, 9.17) is 4.74 Å². The van der Waals surface area contributed by atoms with E-state index in [-0.39, 0.29) is 19.1 Å². The molecule has 0 aliphatic carbocycles. The summed E-state index contributed by atoms with van der Waals surface area (Å²) in [7, 11) is 0. The van der Waals surface area contributed by atoms with Crippen LogP contribution in [0.5, 0.6) is 0 Å². The number of hydrogen-bond acceptors (Lipinski definition) is 5. The van der Waals surface area contributed by atoms with Crippen molar-refractivity contribution in [2.45, 2.75) is 56.8 Å². The summed E-state index contributed by atoms with van der Waals surface area (Å²) < 4.78 is 6.26. The number of nitrogens with zero attached hydrogens (tertiary/aromatic N) is 2. The van der Waals surface area contributed by atoms with Crippen molar-refractivity contribution in [3.63, 3.8) is 0 Å². The maximum Gasteiger partial charge on any atom is 0.310 e. The zero-order valence-electron chi connectivity index (χ0n) is 16.6. The van der Waals surface area contributed by atoms with Crippen LogP contribution in [0.15, 0.2) is 12.7 Å². The summed E-state index contributed by atoms with van der Waals surface area (Å²) in [6.45, 7) is 8.03. The summed E-state index contributed by atoms with van der Waals surface area (Å²) in [5.74, 6) is -3.63. The third kappa shape index (κ3) is 2.85. The van der Waals surface area contributed by atoms with Crippen molar-refractivity contribution in [1.82, 2.24) is 9.80 Å². The van der Waals surface area contributed by atoms with E-state index in [1.807, 2.05) is 6.92 Å². The lowest BCUT2D eigenvalue weighted by Gasteiger charge is -2.36. The minimum absolute atomic E-state index is 0.0182. The van der Waals surface area contributed by atoms with Crippen LogP contribution in [0.4, 0.5) is 0 Å². The van der Waals surface area contributed by atoms with Crippen LogP contribution < -0.4 is 0 Å². The first-order valence-electron chi connectivity index (χ1n) is 10.0. The number of rotatable bonds is 9. The normalized spacial score (nSPS) is 35.9. The molecule has 1 spiro atoms. The summed E-state index contributed by atoms with van der Waals surface area (Å²) in [6, 6.07) is -0.917. The lowest BCUT2D eigenvalue weighted by molar-refractivity contribution is -0.156. The summed E-state index contributed by atoms with van der Waals surface area (Å²) in [5.41, 5.74) is -2.10. The number of aliphatic hydroxyl groups is 1. The molecule has 2 N–H and O–H groups in total. The molecule has 3 rings (SSSR count). The molecule has 3 aliphatic heterocycles. The zero-order chi connectivity index (χ0) is 20.7. The monoisotopic (exact) mass is 394 g/mol. The van der Waals surface area contributed by atoms with Crippen LogP contribution in [0.1, 0.15) is 39.5 Å². The smallest absolute Gasteiger partial charge is 0.310 e. The largest absolute Gasteiger partial charge is 0.481 e. The molecule has 3 saturated heterocycles. The molecule has 0 radical (unpaired) electrons. The fraction of sp³-hybridized carbons (Fsp3) is 0.750. The molecule has 2 unspecified atom stereocenters. The van der Waals surface area contributed by atoms with E-state index < -0.39 is 41.0 Å². The number of unbranched alkanes of at least 4 members (excludes halogenated alkanes) is 1. The van der Waals surface area contributed by atoms with E-state index in [0.717, 1.165) is 12.8 Å². The second-order valence-electron chi connectivity index (χ2n) is 8.25. The van der Waals surface area contributed by atoms with Gasteiger partial charge in [-0.1, -0.05) is 19.4 Å². The minimum atomic E-state index is -1.15. The van der Waals surface area contributed by atoms with Crippen LogP contribution in [-0.2, 0) is 19.1 Å². The second kappa shape index (κ2) is 7.48. The van der Waals surface area contributed by atoms with Gasteiger partial charge in [0, 0.05) is 19.6 Å². The van der Waals surface area contributed by atoms with Gasteiger partial charge in [0.1, 0.15) is 11.6 Å². The molecule has 0 aromatic carbocycles. The Hall–Kier alpha value is -1.93. The number of carboxylic acid groups (broad SMARTS) is 1. The number of carbonyl (C=O) groups excluding carboxylic acids is 2. The Labute approximate surface area is 165 Å². The Morgan fingerprint density at radius 2 is 2.14 bits per heavy atom. The highest BCUT2D eigenvalue weighted by molar-refractivity contribution is 5.98. The lowest BCUT2D eigenvalue weighted by atomic mass is 9.66. The summed E-state index contributed by atoms with van der Waals surface area (Å²) in [6.07, 6.45) is 4.31. The molecule has 28 heavy (non-hydrogen) atoms. The van der Waals surface area contributed by atoms with Crippen LogP contribution in [0.3, 0.4) is 0 Å². The number of β-amino-alcohol motifs (C(OH)–C–C–N with tert-alkyl or cyclic N) is 1. The van der Waals surface area contributed by atoms with Gasteiger partial charge < -0.3 is 24.7 Å². The van der Waals surface area contributed by atoms with Gasteiger partial charge in [0.05, 0.1) is 24.0 Å². The van der Waals surface area contributed by atoms with Crippen molar-refractivity contribution < 1.29 is 29.3 Å². The quantitative estimate of drug-likeness (QED) is 0.556. The highest BCUT2D eigenvalue weighted by Crippen LogP contribution is 2.63. The van der Waals surface area contributed by atoms with Gasteiger partial charge in [-0.25, -0.2) is 0 Å². The molecule has 156 valence electrons. The van der Waals surface area contributed by atoms with Crippen molar-refractivity contribution in [2.24, 2.45) is 11.8 Å². The number of amides is 2. The topological polar surface area (TPSA) is 107 Å². The number of aliphatic carboxylic acids is 1. The number of aliphatic hydroxyl groups excluding tert-OH is 1. The van der Waals surface area contributed by atoms with Crippen LogP contribution in [-0.4, -0.2) is 81.3 Å². The van der Waals surface area contributed by atoms with Crippen molar-refractivity contribution in [1.29, 1.82) is 0 Å². The van der Waals surface area contributed by atoms with E-state index in [0.29, 0.717) is 25.9 Å². The Bertz CT molecular complexity index is 682. The summed E-state index contributed by atoms with van der Waals surface area (Å²) in [4.78, 5) is 41.8. The average molecular weight is 394 g/mol. The number of hydrogen-bond donors (Lipinski definition) is 2. The fourth-order valence-corrected chi connectivity index (χ4v) is 5.40. The van der Waals surface area contributed by atoms with Gasteiger partial charge in [-0.15, -0.1) is 6.58 Å². The number of carbonyl (C=O) groups is 3. The molecule has 0 saturated carbocycles. The van der Waals surface area contributed by atoms with Gasteiger partial charge in [-0.2, -0.15) is 0 Å². The molecular formula is C20H30N2O6. The van der Waals surface area contributed by atoms with Crippen LogP contribution in [0, 0.1) is 11.8 Å². The maximum atomic E-state index is 13.6. The summed E-state index contributed by atoms with van der Waals surface area (Å²) >= 11 is 0. The average Bonchev–Trinajstić information content (AvgIpc) is 3.20. The maximum absolute atomic E-state index is 13.6. The van der Waals surface area contributed by atoms with Gasteiger partial charge in [0.2, 0.25) is 11.8 Å². The van der Waals surface area contributed by atoms with E-state index in [1.165, 1.54) is 4.90 Å². The Morgan fingerprint density at radius 3 is 2.71 bits per heavy atom. The number of ether oxygens (including phenoxy) is 1. The van der Waals surface area contributed by atoms with Gasteiger partial charge in [-0.05, 0) is 26.2 Å². The predicted octanol–water partition coefficient (Wildman–Crippen LogP) is 0.643. The van der Waals surface area contributed by atoms with E-state index in [9.17, 15) is 24.6 Å². The first-order chi connectivity index (χ1) is 13.3. The molecule has 0 aromatic heterocycles. The molecule has 3 fully saturated rings. The molecule has 5 atom stereocenters. The summed E-state index contributed by atoms with van der Waals surface area (Å²) in [5, 5.41) is 19.3. The van der Waals surface area contributed by atoms with Gasteiger partial charge in [-0.3, -0.25) is 14.4 Å². The van der Waals surface area contributed by atoms with Crippen LogP contribution >= 0.6 is 0 Å². The van der Waals surface area contributed by atoms with Crippen molar-refractivity contribution in [3.05, 3.63) is 12.7 Å². The van der Waals surface area contributed by atoms with Gasteiger partial charge in [0.15, 0.2) is 0 Å². The van der Waals surface area contributed by atoms with E-state index in [1.54, 1.807) is 17.9 Å². The van der Waals surface area contributed by atoms with Gasteiger partial charge in [0.25, 0.3) is 0 Å².